The molecule has 36 heavy (non-hydrogen) atoms. The number of amides is 1. The first-order chi connectivity index (χ1) is 17.4. The Hall–Kier alpha value is -4.33. The highest BCUT2D eigenvalue weighted by molar-refractivity contribution is 6.09. The van der Waals surface area contributed by atoms with Gasteiger partial charge >= 0.3 is 0 Å². The van der Waals surface area contributed by atoms with Crippen molar-refractivity contribution in [1.82, 2.24) is 20.1 Å². The smallest absolute Gasteiger partial charge is 0.254 e. The lowest BCUT2D eigenvalue weighted by Crippen LogP contribution is -2.24. The van der Waals surface area contributed by atoms with E-state index in [-0.39, 0.29) is 18.4 Å². The van der Waals surface area contributed by atoms with Crippen LogP contribution in [0.25, 0.3) is 22.4 Å². The molecule has 0 saturated carbocycles. The summed E-state index contributed by atoms with van der Waals surface area (Å²) in [6, 6.07) is 19.3. The fraction of sp³-hybridized carbons (Fsp3) is 0.179. The van der Waals surface area contributed by atoms with E-state index in [0.717, 1.165) is 39.9 Å². The quantitative estimate of drug-likeness (QED) is 0.303. The standard InChI is InChI=1S/C28H24F2N4O2/c1-17(2)26-25(27(35)31-14-19-8-11-22(29)23(30)12-19)21-10-9-20(28-33-32-16-36-28)13-24(21)34(26)15-18-6-4-3-5-7-18/h3-13,16-17H,14-15H2,1-2H3,(H,31,35). The summed E-state index contributed by atoms with van der Waals surface area (Å²) in [4.78, 5) is 13.6. The van der Waals surface area contributed by atoms with Crippen LogP contribution in [0.15, 0.2) is 77.5 Å². The maximum Gasteiger partial charge on any atom is 0.254 e. The SMILES string of the molecule is CC(C)c1c(C(=O)NCc2ccc(F)c(F)c2)c2ccc(-c3nnco3)cc2n1Cc1ccccc1. The largest absolute Gasteiger partial charge is 0.423 e. The van der Waals surface area contributed by atoms with Crippen LogP contribution in [-0.4, -0.2) is 20.7 Å². The molecular formula is C28H24F2N4O2. The van der Waals surface area contributed by atoms with Crippen molar-refractivity contribution in [2.45, 2.75) is 32.9 Å². The van der Waals surface area contributed by atoms with Gasteiger partial charge in [-0.1, -0.05) is 56.3 Å². The molecule has 0 atom stereocenters. The van der Waals surface area contributed by atoms with Crippen molar-refractivity contribution in [1.29, 1.82) is 0 Å². The predicted octanol–water partition coefficient (Wildman–Crippen LogP) is 6.07. The van der Waals surface area contributed by atoms with Crippen molar-refractivity contribution in [3.63, 3.8) is 0 Å². The Morgan fingerprint density at radius 3 is 2.50 bits per heavy atom. The summed E-state index contributed by atoms with van der Waals surface area (Å²) in [6.45, 7) is 4.72. The maximum atomic E-state index is 13.7. The topological polar surface area (TPSA) is 73.0 Å². The average molecular weight is 487 g/mol. The first-order valence-corrected chi connectivity index (χ1v) is 11.6. The number of nitrogens with one attached hydrogen (secondary N) is 1. The molecular weight excluding hydrogens is 462 g/mol. The summed E-state index contributed by atoms with van der Waals surface area (Å²) in [5.74, 6) is -1.74. The number of fused-ring (bicyclic) bond motifs is 1. The van der Waals surface area contributed by atoms with E-state index in [1.807, 2.05) is 62.4 Å². The summed E-state index contributed by atoms with van der Waals surface area (Å²) in [5, 5.41) is 11.5. The molecule has 0 aliphatic carbocycles. The van der Waals surface area contributed by atoms with Crippen molar-refractivity contribution in [3.05, 3.63) is 107 Å². The van der Waals surface area contributed by atoms with Gasteiger partial charge in [-0.05, 0) is 41.3 Å². The van der Waals surface area contributed by atoms with Crippen molar-refractivity contribution in [2.75, 3.05) is 0 Å². The Balaban J connectivity index is 1.61. The van der Waals surface area contributed by atoms with Gasteiger partial charge in [-0.25, -0.2) is 8.78 Å². The number of hydrogen-bond acceptors (Lipinski definition) is 4. The summed E-state index contributed by atoms with van der Waals surface area (Å²) in [6.07, 6.45) is 1.28. The molecule has 1 N–H and O–H groups in total. The Labute approximate surface area is 206 Å². The molecule has 8 heteroatoms. The molecule has 0 spiro atoms. The van der Waals surface area contributed by atoms with Crippen LogP contribution in [0.3, 0.4) is 0 Å². The number of benzene rings is 3. The minimum Gasteiger partial charge on any atom is -0.423 e. The van der Waals surface area contributed by atoms with Crippen molar-refractivity contribution < 1.29 is 18.0 Å². The van der Waals surface area contributed by atoms with Gasteiger partial charge in [0.15, 0.2) is 11.6 Å². The lowest BCUT2D eigenvalue weighted by molar-refractivity contribution is 0.0951. The van der Waals surface area contributed by atoms with E-state index in [4.69, 9.17) is 4.42 Å². The van der Waals surface area contributed by atoms with Crippen LogP contribution in [0, 0.1) is 11.6 Å². The highest BCUT2D eigenvalue weighted by atomic mass is 19.2. The lowest BCUT2D eigenvalue weighted by Gasteiger charge is -2.16. The zero-order chi connectivity index (χ0) is 25.2. The molecule has 0 aliphatic heterocycles. The van der Waals surface area contributed by atoms with Gasteiger partial charge in [0.25, 0.3) is 5.91 Å². The van der Waals surface area contributed by atoms with Crippen LogP contribution in [0.4, 0.5) is 8.78 Å². The third kappa shape index (κ3) is 4.49. The number of nitrogens with zero attached hydrogens (tertiary/aromatic N) is 3. The number of carbonyl (C=O) groups excluding carboxylic acids is 1. The second-order valence-corrected chi connectivity index (χ2v) is 8.89. The van der Waals surface area contributed by atoms with E-state index in [1.165, 1.54) is 12.5 Å². The first kappa shape index (κ1) is 23.4. The molecule has 6 nitrogen and oxygen atoms in total. The fourth-order valence-corrected chi connectivity index (χ4v) is 4.50. The number of halogens is 2. The van der Waals surface area contributed by atoms with E-state index >= 15 is 0 Å². The molecule has 1 amide bonds. The molecule has 0 saturated heterocycles. The second kappa shape index (κ2) is 9.73. The minimum absolute atomic E-state index is 0.0250. The molecule has 0 bridgehead atoms. The zero-order valence-corrected chi connectivity index (χ0v) is 19.8. The number of rotatable bonds is 7. The van der Waals surface area contributed by atoms with Gasteiger partial charge in [-0.3, -0.25) is 4.79 Å². The van der Waals surface area contributed by atoms with E-state index in [1.54, 1.807) is 0 Å². The van der Waals surface area contributed by atoms with E-state index in [0.29, 0.717) is 23.6 Å². The normalized spacial score (nSPS) is 11.4. The third-order valence-corrected chi connectivity index (χ3v) is 6.11. The monoisotopic (exact) mass is 486 g/mol. The maximum absolute atomic E-state index is 13.7. The van der Waals surface area contributed by atoms with Gasteiger partial charge in [0.1, 0.15) is 0 Å². The molecule has 0 unspecified atom stereocenters. The number of hydrogen-bond donors (Lipinski definition) is 1. The van der Waals surface area contributed by atoms with Crippen LogP contribution in [0.2, 0.25) is 0 Å². The van der Waals surface area contributed by atoms with Crippen LogP contribution >= 0.6 is 0 Å². The summed E-state index contributed by atoms with van der Waals surface area (Å²) in [5.41, 5.74) is 4.59. The van der Waals surface area contributed by atoms with E-state index in [2.05, 4.69) is 20.1 Å². The van der Waals surface area contributed by atoms with Crippen LogP contribution in [0.1, 0.15) is 46.9 Å². The van der Waals surface area contributed by atoms with Crippen molar-refractivity contribution >= 4 is 16.8 Å². The second-order valence-electron chi connectivity index (χ2n) is 8.89. The molecule has 0 fully saturated rings. The van der Waals surface area contributed by atoms with Gasteiger partial charge in [0, 0.05) is 29.7 Å². The first-order valence-electron chi connectivity index (χ1n) is 11.6. The van der Waals surface area contributed by atoms with Crippen LogP contribution in [-0.2, 0) is 13.1 Å². The summed E-state index contributed by atoms with van der Waals surface area (Å²) >= 11 is 0. The molecule has 0 radical (unpaired) electrons. The van der Waals surface area contributed by atoms with Gasteiger partial charge in [0.05, 0.1) is 11.1 Å². The third-order valence-electron chi connectivity index (χ3n) is 6.11. The predicted molar refractivity (Wildman–Crippen MR) is 132 cm³/mol. The molecule has 182 valence electrons. The van der Waals surface area contributed by atoms with Crippen LogP contribution < -0.4 is 5.32 Å². The lowest BCUT2D eigenvalue weighted by atomic mass is 10.0. The average Bonchev–Trinajstić information content (AvgIpc) is 3.52. The Morgan fingerprint density at radius 1 is 1.00 bits per heavy atom. The van der Waals surface area contributed by atoms with Crippen molar-refractivity contribution in [2.24, 2.45) is 0 Å². The van der Waals surface area contributed by atoms with Gasteiger partial charge in [-0.2, -0.15) is 0 Å². The Kier molecular flexibility index (Phi) is 6.33. The summed E-state index contributed by atoms with van der Waals surface area (Å²) in [7, 11) is 0. The van der Waals surface area contributed by atoms with Crippen molar-refractivity contribution in [3.8, 4) is 11.5 Å². The van der Waals surface area contributed by atoms with E-state index < -0.39 is 11.6 Å². The van der Waals surface area contributed by atoms with Gasteiger partial charge < -0.3 is 14.3 Å². The molecule has 5 rings (SSSR count). The van der Waals surface area contributed by atoms with E-state index in [9.17, 15) is 13.6 Å². The number of carbonyl (C=O) groups is 1. The minimum atomic E-state index is -0.947. The highest BCUT2D eigenvalue weighted by Gasteiger charge is 2.25. The number of aromatic nitrogens is 3. The Bertz CT molecular complexity index is 1530. The Morgan fingerprint density at radius 2 is 1.81 bits per heavy atom. The molecule has 2 heterocycles. The molecule has 5 aromatic rings. The molecule has 0 aliphatic rings. The summed E-state index contributed by atoms with van der Waals surface area (Å²) < 4.78 is 34.5. The zero-order valence-electron chi connectivity index (χ0n) is 19.8. The van der Waals surface area contributed by atoms with Gasteiger partial charge in [0.2, 0.25) is 12.3 Å². The van der Waals surface area contributed by atoms with Gasteiger partial charge in [-0.15, -0.1) is 10.2 Å². The molecule has 2 aromatic heterocycles. The molecule has 3 aromatic carbocycles. The highest BCUT2D eigenvalue weighted by Crippen LogP contribution is 2.34. The fourth-order valence-electron chi connectivity index (χ4n) is 4.50. The van der Waals surface area contributed by atoms with Crippen LogP contribution in [0.5, 0.6) is 0 Å².